The molecule has 1 aromatic carbocycles. The SMILES string of the molecule is CCC(CC)O[C@@H]1C=C(C(=O)NCc2cn(Cc3ccc(F)cc3Cl)nn2)C[C@H](N)[C@H]1NC(C)=O. The first kappa shape index (κ1) is 26.8. The van der Waals surface area contributed by atoms with Gasteiger partial charge in [-0.25, -0.2) is 9.07 Å². The summed E-state index contributed by atoms with van der Waals surface area (Å²) < 4.78 is 21.0. The Morgan fingerprint density at radius 3 is 2.74 bits per heavy atom. The molecule has 0 saturated carbocycles. The number of carbonyl (C=O) groups is 2. The largest absolute Gasteiger partial charge is 0.369 e. The van der Waals surface area contributed by atoms with E-state index in [0.717, 1.165) is 12.8 Å². The highest BCUT2D eigenvalue weighted by Gasteiger charge is 2.35. The fraction of sp³-hybridized carbons (Fsp3) is 0.500. The molecule has 3 atom stereocenters. The number of nitrogens with one attached hydrogen (secondary N) is 2. The highest BCUT2D eigenvalue weighted by Crippen LogP contribution is 2.23. The van der Waals surface area contributed by atoms with Crippen molar-refractivity contribution in [2.24, 2.45) is 5.73 Å². The van der Waals surface area contributed by atoms with Crippen LogP contribution in [-0.2, 0) is 27.4 Å². The number of rotatable bonds is 10. The number of hydrogen-bond acceptors (Lipinski definition) is 6. The van der Waals surface area contributed by atoms with E-state index in [1.54, 1.807) is 23.0 Å². The zero-order valence-corrected chi connectivity index (χ0v) is 20.9. The molecule has 35 heavy (non-hydrogen) atoms. The molecule has 190 valence electrons. The van der Waals surface area contributed by atoms with Crippen molar-refractivity contribution in [1.82, 2.24) is 25.6 Å². The molecule has 2 amide bonds. The molecule has 1 aromatic heterocycles. The van der Waals surface area contributed by atoms with Crippen molar-refractivity contribution in [1.29, 1.82) is 0 Å². The van der Waals surface area contributed by atoms with Gasteiger partial charge >= 0.3 is 0 Å². The van der Waals surface area contributed by atoms with Crippen molar-refractivity contribution >= 4 is 23.4 Å². The van der Waals surface area contributed by atoms with Gasteiger partial charge in [-0.3, -0.25) is 9.59 Å². The number of nitrogens with zero attached hydrogens (tertiary/aromatic N) is 3. The third-order valence-electron chi connectivity index (χ3n) is 5.92. The summed E-state index contributed by atoms with van der Waals surface area (Å²) in [7, 11) is 0. The van der Waals surface area contributed by atoms with Gasteiger partial charge in [0.15, 0.2) is 0 Å². The molecule has 2 aromatic rings. The predicted molar refractivity (Wildman–Crippen MR) is 130 cm³/mol. The van der Waals surface area contributed by atoms with E-state index < -0.39 is 24.0 Å². The van der Waals surface area contributed by atoms with Crippen LogP contribution in [0.3, 0.4) is 0 Å². The standard InChI is InChI=1S/C24H32ClFN6O3/c1-4-19(5-2)35-22-9-16(8-21(27)23(22)29-14(3)33)24(34)28-11-18-13-32(31-30-18)12-15-6-7-17(26)10-20(15)25/h6-7,9-10,13,19,21-23H,4-5,8,11-12,27H2,1-3H3,(H,28,34)(H,29,33)/t21-,22+,23+/m0/s1. The lowest BCUT2D eigenvalue weighted by Gasteiger charge is -2.36. The van der Waals surface area contributed by atoms with Gasteiger partial charge in [0.05, 0.1) is 37.5 Å². The minimum Gasteiger partial charge on any atom is -0.369 e. The second-order valence-corrected chi connectivity index (χ2v) is 9.06. The molecule has 1 aliphatic rings. The fourth-order valence-corrected chi connectivity index (χ4v) is 4.25. The van der Waals surface area contributed by atoms with Gasteiger partial charge in [0, 0.05) is 23.6 Å². The molecular formula is C24H32ClFN6O3. The number of nitrogens with two attached hydrogens (primary N) is 1. The topological polar surface area (TPSA) is 124 Å². The number of hydrogen-bond donors (Lipinski definition) is 3. The maximum absolute atomic E-state index is 13.2. The smallest absolute Gasteiger partial charge is 0.247 e. The monoisotopic (exact) mass is 506 g/mol. The number of benzene rings is 1. The van der Waals surface area contributed by atoms with Gasteiger partial charge in [-0.1, -0.05) is 36.7 Å². The molecule has 1 aliphatic carbocycles. The van der Waals surface area contributed by atoms with Crippen LogP contribution in [0.15, 0.2) is 36.0 Å². The lowest BCUT2D eigenvalue weighted by Crippen LogP contribution is -2.57. The molecule has 1 heterocycles. The van der Waals surface area contributed by atoms with E-state index >= 15 is 0 Å². The molecule has 4 N–H and O–H groups in total. The molecule has 3 rings (SSSR count). The Balaban J connectivity index is 1.65. The first-order valence-corrected chi connectivity index (χ1v) is 12.1. The van der Waals surface area contributed by atoms with Crippen LogP contribution in [0.1, 0.15) is 51.3 Å². The van der Waals surface area contributed by atoms with Crippen molar-refractivity contribution in [3.05, 3.63) is 58.1 Å². The van der Waals surface area contributed by atoms with Gasteiger partial charge in [-0.05, 0) is 43.0 Å². The Kier molecular flexibility index (Phi) is 9.36. The van der Waals surface area contributed by atoms with Gasteiger partial charge < -0.3 is 21.1 Å². The zero-order chi connectivity index (χ0) is 25.5. The lowest BCUT2D eigenvalue weighted by molar-refractivity contribution is -0.121. The van der Waals surface area contributed by atoms with Crippen LogP contribution in [0.4, 0.5) is 4.39 Å². The van der Waals surface area contributed by atoms with E-state index in [-0.39, 0.29) is 24.5 Å². The predicted octanol–water partition coefficient (Wildman–Crippen LogP) is 2.47. The Labute approximate surface area is 209 Å². The van der Waals surface area contributed by atoms with E-state index in [0.29, 0.717) is 34.8 Å². The summed E-state index contributed by atoms with van der Waals surface area (Å²) >= 11 is 6.08. The van der Waals surface area contributed by atoms with E-state index in [1.165, 1.54) is 19.1 Å². The normalized spacial score (nSPS) is 20.0. The van der Waals surface area contributed by atoms with E-state index in [1.807, 2.05) is 13.8 Å². The Morgan fingerprint density at radius 2 is 2.09 bits per heavy atom. The number of halogens is 2. The molecule has 0 bridgehead atoms. The van der Waals surface area contributed by atoms with Crippen LogP contribution in [0.2, 0.25) is 5.02 Å². The van der Waals surface area contributed by atoms with Gasteiger partial charge in [-0.15, -0.1) is 5.10 Å². The second kappa shape index (κ2) is 12.2. The van der Waals surface area contributed by atoms with Crippen LogP contribution >= 0.6 is 11.6 Å². The molecule has 11 heteroatoms. The Bertz CT molecular complexity index is 1070. The van der Waals surface area contributed by atoms with Crippen molar-refractivity contribution in [3.63, 3.8) is 0 Å². The molecule has 0 aliphatic heterocycles. The average molecular weight is 507 g/mol. The first-order chi connectivity index (χ1) is 16.7. The maximum atomic E-state index is 13.2. The van der Waals surface area contributed by atoms with Gasteiger partial charge in [0.2, 0.25) is 11.8 Å². The van der Waals surface area contributed by atoms with Crippen molar-refractivity contribution in [2.75, 3.05) is 0 Å². The molecule has 0 fully saturated rings. The van der Waals surface area contributed by atoms with Crippen molar-refractivity contribution in [3.8, 4) is 0 Å². The lowest BCUT2D eigenvalue weighted by atomic mass is 9.87. The summed E-state index contributed by atoms with van der Waals surface area (Å²) in [5.74, 6) is -0.890. The molecule has 0 unspecified atom stereocenters. The van der Waals surface area contributed by atoms with E-state index in [2.05, 4.69) is 20.9 Å². The van der Waals surface area contributed by atoms with Crippen molar-refractivity contribution < 1.29 is 18.7 Å². The summed E-state index contributed by atoms with van der Waals surface area (Å²) in [4.78, 5) is 24.6. The molecule has 9 nitrogen and oxygen atoms in total. The molecule has 0 saturated heterocycles. The highest BCUT2D eigenvalue weighted by atomic mass is 35.5. The summed E-state index contributed by atoms with van der Waals surface area (Å²) in [6.45, 7) is 5.97. The number of carbonyl (C=O) groups excluding carboxylic acids is 2. The maximum Gasteiger partial charge on any atom is 0.247 e. The van der Waals surface area contributed by atoms with Gasteiger partial charge in [-0.2, -0.15) is 0 Å². The van der Waals surface area contributed by atoms with Crippen LogP contribution in [0.25, 0.3) is 0 Å². The molecule has 0 radical (unpaired) electrons. The van der Waals surface area contributed by atoms with Gasteiger partial charge in [0.25, 0.3) is 0 Å². The minimum absolute atomic E-state index is 0.00762. The number of aromatic nitrogens is 3. The van der Waals surface area contributed by atoms with Crippen LogP contribution in [0, 0.1) is 5.82 Å². The van der Waals surface area contributed by atoms with E-state index in [9.17, 15) is 14.0 Å². The van der Waals surface area contributed by atoms with Crippen LogP contribution < -0.4 is 16.4 Å². The number of amides is 2. The summed E-state index contributed by atoms with van der Waals surface area (Å²) in [6.07, 6.45) is 4.85. The second-order valence-electron chi connectivity index (χ2n) is 8.65. The third kappa shape index (κ3) is 7.33. The third-order valence-corrected chi connectivity index (χ3v) is 6.27. The average Bonchev–Trinajstić information content (AvgIpc) is 3.26. The summed E-state index contributed by atoms with van der Waals surface area (Å²) in [5, 5.41) is 14.1. The zero-order valence-electron chi connectivity index (χ0n) is 20.1. The van der Waals surface area contributed by atoms with E-state index in [4.69, 9.17) is 22.1 Å². The Morgan fingerprint density at radius 1 is 1.34 bits per heavy atom. The summed E-state index contributed by atoms with van der Waals surface area (Å²) in [6, 6.07) is 3.29. The molecular weight excluding hydrogens is 475 g/mol. The highest BCUT2D eigenvalue weighted by molar-refractivity contribution is 6.31. The van der Waals surface area contributed by atoms with Crippen LogP contribution in [-0.4, -0.2) is 51.1 Å². The molecule has 0 spiro atoms. The minimum atomic E-state index is -0.505. The summed E-state index contributed by atoms with van der Waals surface area (Å²) in [5.41, 5.74) is 8.09. The van der Waals surface area contributed by atoms with Crippen LogP contribution in [0.5, 0.6) is 0 Å². The fourth-order valence-electron chi connectivity index (χ4n) is 4.02. The quantitative estimate of drug-likeness (QED) is 0.454. The van der Waals surface area contributed by atoms with Crippen molar-refractivity contribution in [2.45, 2.75) is 77.4 Å². The first-order valence-electron chi connectivity index (χ1n) is 11.7. The van der Waals surface area contributed by atoms with Gasteiger partial charge in [0.1, 0.15) is 11.5 Å². The number of ether oxygens (including phenoxy) is 1. The Hall–Kier alpha value is -2.82.